The Morgan fingerprint density at radius 2 is 2.39 bits per heavy atom. The molecule has 2 fully saturated rings. The van der Waals surface area contributed by atoms with E-state index in [1.165, 1.54) is 11.8 Å². The average Bonchev–Trinajstić information content (AvgIpc) is 2.80. The summed E-state index contributed by atoms with van der Waals surface area (Å²) < 4.78 is 4.91. The van der Waals surface area contributed by atoms with Gasteiger partial charge in [0.1, 0.15) is 5.54 Å². The second-order valence-electron chi connectivity index (χ2n) is 4.69. The van der Waals surface area contributed by atoms with Crippen molar-refractivity contribution in [2.75, 3.05) is 13.1 Å². The number of rotatable bonds is 3. The van der Waals surface area contributed by atoms with Crippen LogP contribution < -0.4 is 5.32 Å². The van der Waals surface area contributed by atoms with Gasteiger partial charge >= 0.3 is 6.09 Å². The van der Waals surface area contributed by atoms with Gasteiger partial charge in [0.2, 0.25) is 5.91 Å². The van der Waals surface area contributed by atoms with Gasteiger partial charge in [-0.3, -0.25) is 14.5 Å². The fraction of sp³-hybridized carbons (Fsp3) is 0.727. The van der Waals surface area contributed by atoms with E-state index >= 15 is 0 Å². The van der Waals surface area contributed by atoms with E-state index in [0.29, 0.717) is 25.8 Å². The van der Waals surface area contributed by atoms with Crippen LogP contribution in [0.15, 0.2) is 0 Å². The molecule has 2 saturated heterocycles. The molecule has 7 nitrogen and oxygen atoms in total. The average molecular weight is 256 g/mol. The van der Waals surface area contributed by atoms with Crippen molar-refractivity contribution < 1.29 is 24.2 Å². The highest BCUT2D eigenvalue weighted by Crippen LogP contribution is 2.34. The Kier molecular flexibility index (Phi) is 3.25. The van der Waals surface area contributed by atoms with Gasteiger partial charge in [-0.2, -0.15) is 0 Å². The Morgan fingerprint density at radius 1 is 1.67 bits per heavy atom. The summed E-state index contributed by atoms with van der Waals surface area (Å²) in [7, 11) is 0. The molecule has 2 rings (SSSR count). The summed E-state index contributed by atoms with van der Waals surface area (Å²) in [6, 6.07) is 0. The van der Waals surface area contributed by atoms with Crippen LogP contribution in [0.1, 0.15) is 19.8 Å². The molecule has 100 valence electrons. The number of amides is 2. The predicted octanol–water partition coefficient (Wildman–Crippen LogP) is -0.964. The first-order valence-corrected chi connectivity index (χ1v) is 5.91. The number of likely N-dealkylation sites (tertiary alicyclic amines) is 1. The third kappa shape index (κ3) is 1.84. The van der Waals surface area contributed by atoms with Crippen molar-refractivity contribution in [3.8, 4) is 0 Å². The van der Waals surface area contributed by atoms with Gasteiger partial charge in [-0.25, -0.2) is 4.79 Å². The zero-order valence-electron chi connectivity index (χ0n) is 10.1. The van der Waals surface area contributed by atoms with E-state index in [2.05, 4.69) is 5.32 Å². The number of β-lactam (4-membered cyclic amide) rings is 1. The number of carbonyl (C=O) groups excluding carboxylic acids is 3. The summed E-state index contributed by atoms with van der Waals surface area (Å²) in [5, 5.41) is 11.9. The van der Waals surface area contributed by atoms with E-state index in [-0.39, 0.29) is 5.91 Å². The molecule has 0 aromatic carbocycles. The molecule has 3 atom stereocenters. The van der Waals surface area contributed by atoms with Gasteiger partial charge in [0.15, 0.2) is 12.4 Å². The minimum atomic E-state index is -1.20. The third-order valence-electron chi connectivity index (χ3n) is 3.52. The molecule has 2 heterocycles. The van der Waals surface area contributed by atoms with Crippen molar-refractivity contribution in [2.24, 2.45) is 0 Å². The number of hydrogen-bond donors (Lipinski definition) is 2. The topological polar surface area (TPSA) is 95.9 Å². The standard InChI is InChI=1S/C11H16N2O5/c1-7(15)8(5-14)18-10(17)13-4-2-3-11(13)6-12-9(11)16/h5,7-8,15H,2-4,6H2,1H3,(H,12,16). The van der Waals surface area contributed by atoms with Crippen LogP contribution in [0.4, 0.5) is 4.79 Å². The number of hydrogen-bond acceptors (Lipinski definition) is 5. The molecule has 0 aliphatic carbocycles. The van der Waals surface area contributed by atoms with E-state index in [9.17, 15) is 19.5 Å². The second kappa shape index (κ2) is 4.56. The van der Waals surface area contributed by atoms with Crippen LogP contribution in [-0.4, -0.2) is 59.1 Å². The van der Waals surface area contributed by atoms with Crippen LogP contribution in [0.2, 0.25) is 0 Å². The molecule has 18 heavy (non-hydrogen) atoms. The largest absolute Gasteiger partial charge is 0.436 e. The van der Waals surface area contributed by atoms with E-state index in [4.69, 9.17) is 4.74 Å². The maximum atomic E-state index is 11.9. The number of nitrogens with one attached hydrogen (secondary N) is 1. The molecule has 7 heteroatoms. The van der Waals surface area contributed by atoms with Crippen LogP contribution in [-0.2, 0) is 14.3 Å². The summed E-state index contributed by atoms with van der Waals surface area (Å²) >= 11 is 0. The van der Waals surface area contributed by atoms with Crippen molar-refractivity contribution in [3.05, 3.63) is 0 Å². The van der Waals surface area contributed by atoms with Gasteiger partial charge in [-0.05, 0) is 19.8 Å². The summed E-state index contributed by atoms with van der Waals surface area (Å²) in [6.45, 7) is 2.21. The Bertz CT molecular complexity index is 384. The van der Waals surface area contributed by atoms with Crippen molar-refractivity contribution >= 4 is 18.3 Å². The molecule has 2 N–H and O–H groups in total. The van der Waals surface area contributed by atoms with Crippen molar-refractivity contribution in [1.29, 1.82) is 0 Å². The molecule has 2 aliphatic rings. The summed E-state index contributed by atoms with van der Waals surface area (Å²) in [5.74, 6) is -0.184. The minimum Gasteiger partial charge on any atom is -0.436 e. The minimum absolute atomic E-state index is 0.184. The van der Waals surface area contributed by atoms with Gasteiger partial charge < -0.3 is 15.2 Å². The van der Waals surface area contributed by atoms with Gasteiger partial charge in [0, 0.05) is 6.54 Å². The maximum Gasteiger partial charge on any atom is 0.411 e. The number of nitrogens with zero attached hydrogens (tertiary/aromatic N) is 1. The monoisotopic (exact) mass is 256 g/mol. The number of ether oxygens (including phenoxy) is 1. The highest BCUT2D eigenvalue weighted by molar-refractivity contribution is 5.96. The van der Waals surface area contributed by atoms with E-state index in [1.54, 1.807) is 0 Å². The zero-order valence-corrected chi connectivity index (χ0v) is 10.1. The van der Waals surface area contributed by atoms with Crippen LogP contribution >= 0.6 is 0 Å². The molecule has 0 aromatic rings. The highest BCUT2D eigenvalue weighted by Gasteiger charge is 2.56. The van der Waals surface area contributed by atoms with Gasteiger partial charge in [0.05, 0.1) is 12.6 Å². The first kappa shape index (κ1) is 12.8. The molecular formula is C11H16N2O5. The van der Waals surface area contributed by atoms with E-state index in [1.807, 2.05) is 0 Å². The summed E-state index contributed by atoms with van der Waals surface area (Å²) in [4.78, 5) is 35.5. The first-order chi connectivity index (χ1) is 8.51. The lowest BCUT2D eigenvalue weighted by Gasteiger charge is -2.43. The number of aliphatic hydroxyl groups is 1. The molecule has 2 aliphatic heterocycles. The molecule has 0 saturated carbocycles. The van der Waals surface area contributed by atoms with Crippen molar-refractivity contribution in [3.63, 3.8) is 0 Å². The summed E-state index contributed by atoms with van der Waals surface area (Å²) in [6.07, 6.45) is -1.28. The molecule has 0 aromatic heterocycles. The Hall–Kier alpha value is -1.63. The fourth-order valence-electron chi connectivity index (χ4n) is 2.35. The number of aliphatic hydroxyl groups excluding tert-OH is 1. The lowest BCUT2D eigenvalue weighted by molar-refractivity contribution is -0.140. The lowest BCUT2D eigenvalue weighted by Crippen LogP contribution is -2.71. The van der Waals surface area contributed by atoms with E-state index < -0.39 is 23.8 Å². The molecule has 2 amide bonds. The number of carbonyl (C=O) groups is 3. The molecule has 1 spiro atoms. The van der Waals surface area contributed by atoms with Crippen LogP contribution in [0.3, 0.4) is 0 Å². The molecule has 3 unspecified atom stereocenters. The molecular weight excluding hydrogens is 240 g/mol. The van der Waals surface area contributed by atoms with Gasteiger partial charge in [0.25, 0.3) is 0 Å². The fourth-order valence-corrected chi connectivity index (χ4v) is 2.35. The quantitative estimate of drug-likeness (QED) is 0.500. The third-order valence-corrected chi connectivity index (χ3v) is 3.52. The Balaban J connectivity index is 2.05. The second-order valence-corrected chi connectivity index (χ2v) is 4.69. The Morgan fingerprint density at radius 3 is 2.83 bits per heavy atom. The van der Waals surface area contributed by atoms with Crippen molar-refractivity contribution in [2.45, 2.75) is 37.5 Å². The predicted molar refractivity (Wildman–Crippen MR) is 59.7 cm³/mol. The molecule has 0 bridgehead atoms. The Labute approximate surface area is 104 Å². The van der Waals surface area contributed by atoms with E-state index in [0.717, 1.165) is 6.42 Å². The van der Waals surface area contributed by atoms with Crippen molar-refractivity contribution in [1.82, 2.24) is 10.2 Å². The number of aldehydes is 1. The van der Waals surface area contributed by atoms with Gasteiger partial charge in [-0.15, -0.1) is 0 Å². The maximum absolute atomic E-state index is 11.9. The van der Waals surface area contributed by atoms with Crippen LogP contribution in [0.25, 0.3) is 0 Å². The van der Waals surface area contributed by atoms with Gasteiger partial charge in [-0.1, -0.05) is 0 Å². The zero-order chi connectivity index (χ0) is 13.3. The first-order valence-electron chi connectivity index (χ1n) is 5.91. The smallest absolute Gasteiger partial charge is 0.411 e. The normalized spacial score (nSPS) is 29.4. The van der Waals surface area contributed by atoms with Crippen LogP contribution in [0, 0.1) is 0 Å². The lowest BCUT2D eigenvalue weighted by atomic mass is 9.88. The SMILES string of the molecule is CC(O)C(C=O)OC(=O)N1CCCC12CNC2=O. The highest BCUT2D eigenvalue weighted by atomic mass is 16.6. The van der Waals surface area contributed by atoms with Crippen LogP contribution in [0.5, 0.6) is 0 Å². The summed E-state index contributed by atoms with van der Waals surface area (Å²) in [5.41, 5.74) is -0.802. The molecule has 0 radical (unpaired) electrons.